The number of carbonyl (C=O) groups excluding carboxylic acids is 1. The van der Waals surface area contributed by atoms with Crippen molar-refractivity contribution < 1.29 is 9.18 Å². The van der Waals surface area contributed by atoms with Gasteiger partial charge in [0.1, 0.15) is 12.4 Å². The number of aromatic nitrogens is 3. The van der Waals surface area contributed by atoms with Crippen molar-refractivity contribution in [3.8, 4) is 0 Å². The lowest BCUT2D eigenvalue weighted by Crippen LogP contribution is -2.35. The zero-order valence-electron chi connectivity index (χ0n) is 19.0. The molecule has 170 valence electrons. The van der Waals surface area contributed by atoms with E-state index in [0.717, 1.165) is 27.9 Å². The number of fused-ring (bicyclic) bond motifs is 1. The minimum Gasteiger partial charge on any atom is -0.354 e. The van der Waals surface area contributed by atoms with Crippen molar-refractivity contribution >= 4 is 16.7 Å². The number of carbonyl (C=O) groups is 1. The third kappa shape index (κ3) is 4.72. The smallest absolute Gasteiger partial charge is 0.276 e. The summed E-state index contributed by atoms with van der Waals surface area (Å²) < 4.78 is 16.5. The van der Waals surface area contributed by atoms with Crippen molar-refractivity contribution in [3.63, 3.8) is 0 Å². The average molecular weight is 447 g/mol. The van der Waals surface area contributed by atoms with E-state index in [1.54, 1.807) is 18.3 Å². The van der Waals surface area contributed by atoms with E-state index in [4.69, 9.17) is 0 Å². The van der Waals surface area contributed by atoms with Crippen molar-refractivity contribution in [1.29, 1.82) is 0 Å². The first kappa shape index (κ1) is 22.5. The molecule has 0 saturated carbocycles. The number of hydrogen-bond donors (Lipinski definition) is 1. The summed E-state index contributed by atoms with van der Waals surface area (Å²) in [7, 11) is 0. The highest BCUT2D eigenvalue weighted by molar-refractivity contribution is 5.87. The number of benzene rings is 2. The van der Waals surface area contributed by atoms with E-state index in [-0.39, 0.29) is 29.7 Å². The van der Waals surface area contributed by atoms with E-state index < -0.39 is 0 Å². The van der Waals surface area contributed by atoms with E-state index in [2.05, 4.69) is 10.4 Å². The minimum absolute atomic E-state index is 0.141. The number of halogens is 1. The van der Waals surface area contributed by atoms with Gasteiger partial charge in [0.05, 0.1) is 11.6 Å². The second-order valence-corrected chi connectivity index (χ2v) is 8.40. The van der Waals surface area contributed by atoms with Crippen LogP contribution in [-0.2, 0) is 17.9 Å². The van der Waals surface area contributed by atoms with Crippen molar-refractivity contribution in [1.82, 2.24) is 19.7 Å². The number of nitrogens with zero attached hydrogens (tertiary/aromatic N) is 3. The molecule has 1 N–H and O–H groups in total. The van der Waals surface area contributed by atoms with Gasteiger partial charge in [-0.05, 0) is 43.0 Å². The molecule has 0 spiro atoms. The molecule has 0 aliphatic carbocycles. The molecule has 4 aromatic rings. The van der Waals surface area contributed by atoms with Gasteiger partial charge in [0.2, 0.25) is 5.91 Å². The fraction of sp³-hybridized carbons (Fsp3) is 0.269. The molecule has 0 saturated heterocycles. The average Bonchev–Trinajstić information content (AvgIpc) is 3.06. The van der Waals surface area contributed by atoms with Gasteiger partial charge in [-0.15, -0.1) is 0 Å². The van der Waals surface area contributed by atoms with E-state index in [0.29, 0.717) is 18.5 Å². The minimum atomic E-state index is -0.294. The highest BCUT2D eigenvalue weighted by Gasteiger charge is 2.18. The Morgan fingerprint density at radius 3 is 2.45 bits per heavy atom. The van der Waals surface area contributed by atoms with Crippen molar-refractivity contribution in [2.24, 2.45) is 0 Å². The molecule has 2 aromatic heterocycles. The first-order valence-corrected chi connectivity index (χ1v) is 11.0. The van der Waals surface area contributed by atoms with Crippen LogP contribution >= 0.6 is 0 Å². The maximum atomic E-state index is 13.2. The van der Waals surface area contributed by atoms with Gasteiger partial charge in [-0.2, -0.15) is 5.10 Å². The van der Waals surface area contributed by atoms with Crippen LogP contribution < -0.4 is 10.9 Å². The van der Waals surface area contributed by atoms with E-state index >= 15 is 0 Å². The fourth-order valence-electron chi connectivity index (χ4n) is 4.13. The SMILES string of the molecule is Cc1c2cnn(CC(=O)NCC(C)c3ccccc3)c(=O)c2c(C)n1Cc1ccc(F)cc1. The summed E-state index contributed by atoms with van der Waals surface area (Å²) >= 11 is 0. The highest BCUT2D eigenvalue weighted by Crippen LogP contribution is 2.23. The van der Waals surface area contributed by atoms with Crippen LogP contribution in [0.4, 0.5) is 4.39 Å². The number of hydrogen-bond acceptors (Lipinski definition) is 3. The Balaban J connectivity index is 1.52. The Kier molecular flexibility index (Phi) is 6.40. The van der Waals surface area contributed by atoms with Gasteiger partial charge in [0, 0.05) is 29.9 Å². The van der Waals surface area contributed by atoms with Gasteiger partial charge >= 0.3 is 0 Å². The predicted molar refractivity (Wildman–Crippen MR) is 127 cm³/mol. The number of rotatable bonds is 7. The summed E-state index contributed by atoms with van der Waals surface area (Å²) in [4.78, 5) is 25.7. The molecule has 1 amide bonds. The predicted octanol–water partition coefficient (Wildman–Crippen LogP) is 3.92. The molecule has 1 atom stereocenters. The molecule has 6 nitrogen and oxygen atoms in total. The van der Waals surface area contributed by atoms with E-state index in [1.807, 2.05) is 55.7 Å². The number of amides is 1. The Labute approximate surface area is 191 Å². The molecule has 33 heavy (non-hydrogen) atoms. The van der Waals surface area contributed by atoms with Gasteiger partial charge in [-0.3, -0.25) is 9.59 Å². The molecule has 2 heterocycles. The summed E-state index contributed by atoms with van der Waals surface area (Å²) in [6.45, 7) is 6.71. The monoisotopic (exact) mass is 446 g/mol. The fourth-order valence-corrected chi connectivity index (χ4v) is 4.13. The van der Waals surface area contributed by atoms with Crippen LogP contribution in [0.3, 0.4) is 0 Å². The van der Waals surface area contributed by atoms with E-state index in [9.17, 15) is 14.0 Å². The first-order chi connectivity index (χ1) is 15.8. The molecule has 1 unspecified atom stereocenters. The van der Waals surface area contributed by atoms with Crippen LogP contribution in [0.2, 0.25) is 0 Å². The van der Waals surface area contributed by atoms with Gasteiger partial charge in [-0.25, -0.2) is 9.07 Å². The van der Waals surface area contributed by atoms with Crippen molar-refractivity contribution in [3.05, 3.63) is 99.5 Å². The Bertz CT molecular complexity index is 1340. The molecule has 7 heteroatoms. The van der Waals surface area contributed by atoms with Crippen molar-refractivity contribution in [2.75, 3.05) is 6.54 Å². The maximum absolute atomic E-state index is 13.2. The van der Waals surface area contributed by atoms with Crippen LogP contribution in [0, 0.1) is 19.7 Å². The second-order valence-electron chi connectivity index (χ2n) is 8.40. The zero-order valence-corrected chi connectivity index (χ0v) is 19.0. The topological polar surface area (TPSA) is 68.9 Å². The quantitative estimate of drug-likeness (QED) is 0.468. The Hall–Kier alpha value is -3.74. The van der Waals surface area contributed by atoms with Crippen molar-refractivity contribution in [2.45, 2.75) is 39.8 Å². The second kappa shape index (κ2) is 9.40. The van der Waals surface area contributed by atoms with Gasteiger partial charge in [0.25, 0.3) is 5.56 Å². The molecule has 0 fully saturated rings. The molecular weight excluding hydrogens is 419 g/mol. The molecule has 0 bridgehead atoms. The Morgan fingerprint density at radius 2 is 1.76 bits per heavy atom. The molecule has 0 aliphatic rings. The largest absolute Gasteiger partial charge is 0.354 e. The number of aryl methyl sites for hydroxylation is 2. The molecular formula is C26H27FN4O2. The summed E-state index contributed by atoms with van der Waals surface area (Å²) in [5, 5.41) is 8.45. The van der Waals surface area contributed by atoms with E-state index in [1.165, 1.54) is 16.8 Å². The third-order valence-electron chi connectivity index (χ3n) is 6.13. The lowest BCUT2D eigenvalue weighted by molar-refractivity contribution is -0.121. The van der Waals surface area contributed by atoms with Crippen LogP contribution in [0.25, 0.3) is 10.8 Å². The molecule has 2 aromatic carbocycles. The summed E-state index contributed by atoms with van der Waals surface area (Å²) in [5.41, 5.74) is 3.49. The lowest BCUT2D eigenvalue weighted by Gasteiger charge is -2.13. The normalized spacial score (nSPS) is 12.1. The van der Waals surface area contributed by atoms with Crippen LogP contribution in [0.5, 0.6) is 0 Å². The van der Waals surface area contributed by atoms with Gasteiger partial charge in [0.15, 0.2) is 0 Å². The molecule has 4 rings (SSSR count). The first-order valence-electron chi connectivity index (χ1n) is 11.0. The summed E-state index contributed by atoms with van der Waals surface area (Å²) in [6, 6.07) is 16.3. The van der Waals surface area contributed by atoms with Crippen LogP contribution in [-0.4, -0.2) is 26.8 Å². The molecule has 0 radical (unpaired) electrons. The van der Waals surface area contributed by atoms with Crippen LogP contribution in [0.15, 0.2) is 65.6 Å². The maximum Gasteiger partial charge on any atom is 0.276 e. The van der Waals surface area contributed by atoms with Gasteiger partial charge < -0.3 is 9.88 Å². The standard InChI is InChI=1S/C26H27FN4O2/c1-17(21-7-5-4-6-8-21)13-28-24(32)16-31-26(33)25-19(3)30(18(2)23(25)14-29-31)15-20-9-11-22(27)12-10-20/h4-12,14,17H,13,15-16H2,1-3H3,(H,28,32). The zero-order chi connectivity index (χ0) is 23.5. The summed E-state index contributed by atoms with van der Waals surface area (Å²) in [6.07, 6.45) is 1.64. The highest BCUT2D eigenvalue weighted by atomic mass is 19.1. The molecule has 0 aliphatic heterocycles. The van der Waals surface area contributed by atoms with Crippen LogP contribution in [0.1, 0.15) is 35.4 Å². The third-order valence-corrected chi connectivity index (χ3v) is 6.13. The van der Waals surface area contributed by atoms with Gasteiger partial charge in [-0.1, -0.05) is 49.4 Å². The lowest BCUT2D eigenvalue weighted by atomic mass is 10.0. The Morgan fingerprint density at radius 1 is 1.06 bits per heavy atom. The summed E-state index contributed by atoms with van der Waals surface area (Å²) in [5.74, 6) is -0.382. The number of nitrogens with one attached hydrogen (secondary N) is 1.